The average molecular weight is 571 g/mol. The summed E-state index contributed by atoms with van der Waals surface area (Å²) in [5, 5.41) is 0. The average Bonchev–Trinajstić information content (AvgIpc) is 3.20. The van der Waals surface area contributed by atoms with Crippen LogP contribution in [-0.2, 0) is 28.6 Å². The molecule has 2 fully saturated rings. The van der Waals surface area contributed by atoms with Crippen LogP contribution >= 0.6 is 0 Å². The second-order valence-corrected chi connectivity index (χ2v) is 11.8. The zero-order valence-electron chi connectivity index (χ0n) is 25.0. The molecule has 1 saturated heterocycles. The highest BCUT2D eigenvalue weighted by Gasteiger charge is 2.45. The van der Waals surface area contributed by atoms with Gasteiger partial charge in [0, 0.05) is 37.9 Å². The molecule has 0 aromatic carbocycles. The standard InChI is InChI=1S/C32H52F2O6/c1-4-5-6-14-21-32(33,34)29(36)20-19-26-25(27(35)23-28(26)40-31-18-13-15-22-38-31)16-11-9-7-8-10-12-17-30(37)39-24(2)3/h12,17,24-26,28,31H,4-11,13-16,18-23H2,1-3H3/t25?,26-,28?,31?/m1/s1. The number of allylic oxidation sites excluding steroid dienone is 1. The van der Waals surface area contributed by atoms with Crippen LogP contribution in [0.25, 0.3) is 0 Å². The van der Waals surface area contributed by atoms with E-state index in [2.05, 4.69) is 0 Å². The third kappa shape index (κ3) is 12.9. The Kier molecular flexibility index (Phi) is 16.1. The summed E-state index contributed by atoms with van der Waals surface area (Å²) in [5.74, 6) is -5.06. The number of alkyl halides is 2. The molecular formula is C32H52F2O6. The van der Waals surface area contributed by atoms with E-state index < -0.39 is 18.1 Å². The Hall–Kier alpha value is -1.67. The molecular weight excluding hydrogens is 518 g/mol. The Labute approximate surface area is 240 Å². The van der Waals surface area contributed by atoms with Crippen molar-refractivity contribution in [2.75, 3.05) is 6.61 Å². The lowest BCUT2D eigenvalue weighted by molar-refractivity contribution is -0.196. The number of unbranched alkanes of at least 4 members (excludes halogenated alkanes) is 7. The van der Waals surface area contributed by atoms with Crippen molar-refractivity contribution >= 4 is 17.5 Å². The van der Waals surface area contributed by atoms with Crippen molar-refractivity contribution in [3.05, 3.63) is 12.2 Å². The summed E-state index contributed by atoms with van der Waals surface area (Å²) >= 11 is 0. The first kappa shape index (κ1) is 34.5. The number of hydrogen-bond acceptors (Lipinski definition) is 6. The first-order valence-electron chi connectivity index (χ1n) is 15.7. The monoisotopic (exact) mass is 570 g/mol. The highest BCUT2D eigenvalue weighted by molar-refractivity contribution is 5.86. The molecule has 1 saturated carbocycles. The molecule has 230 valence electrons. The lowest BCUT2D eigenvalue weighted by atomic mass is 9.84. The van der Waals surface area contributed by atoms with Crippen molar-refractivity contribution in [2.45, 2.75) is 154 Å². The van der Waals surface area contributed by atoms with Crippen LogP contribution in [0.3, 0.4) is 0 Å². The van der Waals surface area contributed by atoms with Crippen LogP contribution in [0.15, 0.2) is 12.2 Å². The molecule has 1 aliphatic carbocycles. The minimum Gasteiger partial charge on any atom is -0.460 e. The van der Waals surface area contributed by atoms with Gasteiger partial charge in [0.2, 0.25) is 5.78 Å². The lowest BCUT2D eigenvalue weighted by Gasteiger charge is -2.30. The predicted octanol–water partition coefficient (Wildman–Crippen LogP) is 7.91. The minimum atomic E-state index is -3.31. The number of ether oxygens (including phenoxy) is 3. The van der Waals surface area contributed by atoms with E-state index in [9.17, 15) is 23.2 Å². The number of halogens is 2. The zero-order valence-corrected chi connectivity index (χ0v) is 25.0. The molecule has 0 aromatic rings. The van der Waals surface area contributed by atoms with Crippen molar-refractivity contribution in [1.29, 1.82) is 0 Å². The molecule has 0 spiro atoms. The Morgan fingerprint density at radius 1 is 1.05 bits per heavy atom. The molecule has 3 unspecified atom stereocenters. The fourth-order valence-corrected chi connectivity index (χ4v) is 5.75. The molecule has 4 atom stereocenters. The molecule has 0 N–H and O–H groups in total. The van der Waals surface area contributed by atoms with Gasteiger partial charge in [-0.1, -0.05) is 51.5 Å². The van der Waals surface area contributed by atoms with Gasteiger partial charge in [-0.3, -0.25) is 9.59 Å². The molecule has 0 aromatic heterocycles. The quantitative estimate of drug-likeness (QED) is 0.0841. The molecule has 2 rings (SSSR count). The summed E-state index contributed by atoms with van der Waals surface area (Å²) in [6.45, 7) is 6.26. The fourth-order valence-electron chi connectivity index (χ4n) is 5.75. The number of ketones is 2. The number of carbonyl (C=O) groups excluding carboxylic acids is 3. The maximum Gasteiger partial charge on any atom is 0.330 e. The normalized spacial score (nSPS) is 23.8. The minimum absolute atomic E-state index is 0.108. The van der Waals surface area contributed by atoms with Crippen molar-refractivity contribution < 1.29 is 37.4 Å². The van der Waals surface area contributed by atoms with Gasteiger partial charge in [0.1, 0.15) is 5.78 Å². The Balaban J connectivity index is 1.86. The fraction of sp³-hybridized carbons (Fsp3) is 0.844. The second-order valence-electron chi connectivity index (χ2n) is 11.8. The summed E-state index contributed by atoms with van der Waals surface area (Å²) in [7, 11) is 0. The van der Waals surface area contributed by atoms with Gasteiger partial charge >= 0.3 is 11.9 Å². The molecule has 2 aliphatic rings. The Bertz CT molecular complexity index is 790. The summed E-state index contributed by atoms with van der Waals surface area (Å²) in [6, 6.07) is 0. The SMILES string of the molecule is CCCCCCC(F)(F)C(=O)CC[C@H]1C(OC2CCCCO2)CC(=O)C1CCCCCCC=CC(=O)OC(C)C. The Morgan fingerprint density at radius 2 is 1.80 bits per heavy atom. The second kappa shape index (κ2) is 18.7. The molecule has 6 nitrogen and oxygen atoms in total. The van der Waals surface area contributed by atoms with Gasteiger partial charge in [-0.2, -0.15) is 8.78 Å². The molecule has 1 heterocycles. The van der Waals surface area contributed by atoms with Crippen molar-refractivity contribution in [2.24, 2.45) is 11.8 Å². The molecule has 0 radical (unpaired) electrons. The smallest absolute Gasteiger partial charge is 0.330 e. The number of esters is 1. The van der Waals surface area contributed by atoms with E-state index in [0.717, 1.165) is 64.2 Å². The number of Topliss-reactive ketones (excluding diaryl/α,β-unsaturated/α-hetero) is 2. The van der Waals surface area contributed by atoms with Gasteiger partial charge in [0.25, 0.3) is 0 Å². The van der Waals surface area contributed by atoms with Gasteiger partial charge in [-0.25, -0.2) is 4.79 Å². The first-order chi connectivity index (χ1) is 19.1. The third-order valence-electron chi connectivity index (χ3n) is 7.97. The van der Waals surface area contributed by atoms with E-state index in [0.29, 0.717) is 25.9 Å². The van der Waals surface area contributed by atoms with Crippen LogP contribution in [0.4, 0.5) is 8.78 Å². The van der Waals surface area contributed by atoms with Crippen LogP contribution in [-0.4, -0.2) is 48.6 Å². The van der Waals surface area contributed by atoms with Crippen molar-refractivity contribution in [3.63, 3.8) is 0 Å². The van der Waals surface area contributed by atoms with Crippen LogP contribution in [0.5, 0.6) is 0 Å². The van der Waals surface area contributed by atoms with Crippen LogP contribution in [0.1, 0.15) is 130 Å². The van der Waals surface area contributed by atoms with Gasteiger partial charge in [0.15, 0.2) is 6.29 Å². The van der Waals surface area contributed by atoms with Gasteiger partial charge in [-0.05, 0) is 71.1 Å². The molecule has 40 heavy (non-hydrogen) atoms. The molecule has 0 amide bonds. The van der Waals surface area contributed by atoms with E-state index in [1.165, 1.54) is 6.08 Å². The summed E-state index contributed by atoms with van der Waals surface area (Å²) in [4.78, 5) is 37.1. The van der Waals surface area contributed by atoms with E-state index in [1.54, 1.807) is 0 Å². The summed E-state index contributed by atoms with van der Waals surface area (Å²) < 4.78 is 46.1. The van der Waals surface area contributed by atoms with Crippen molar-refractivity contribution in [3.8, 4) is 0 Å². The highest BCUT2D eigenvalue weighted by atomic mass is 19.3. The molecule has 8 heteroatoms. The third-order valence-corrected chi connectivity index (χ3v) is 7.97. The van der Waals surface area contributed by atoms with Crippen molar-refractivity contribution in [1.82, 2.24) is 0 Å². The highest BCUT2D eigenvalue weighted by Crippen LogP contribution is 2.40. The predicted molar refractivity (Wildman–Crippen MR) is 151 cm³/mol. The molecule has 1 aliphatic heterocycles. The number of hydrogen-bond donors (Lipinski definition) is 0. The lowest BCUT2D eigenvalue weighted by Crippen LogP contribution is -2.33. The van der Waals surface area contributed by atoms with Gasteiger partial charge < -0.3 is 14.2 Å². The largest absolute Gasteiger partial charge is 0.460 e. The van der Waals surface area contributed by atoms with Gasteiger partial charge in [0.05, 0.1) is 12.2 Å². The van der Waals surface area contributed by atoms with Crippen LogP contribution in [0.2, 0.25) is 0 Å². The van der Waals surface area contributed by atoms with Crippen LogP contribution < -0.4 is 0 Å². The Morgan fingerprint density at radius 3 is 2.50 bits per heavy atom. The van der Waals surface area contributed by atoms with E-state index in [-0.39, 0.29) is 61.3 Å². The number of rotatable bonds is 20. The maximum absolute atomic E-state index is 14.5. The summed E-state index contributed by atoms with van der Waals surface area (Å²) in [6.07, 6.45) is 13.1. The number of carbonyl (C=O) groups is 3. The topological polar surface area (TPSA) is 78.9 Å². The van der Waals surface area contributed by atoms with E-state index in [4.69, 9.17) is 14.2 Å². The molecule has 0 bridgehead atoms. The zero-order chi connectivity index (χ0) is 29.4. The van der Waals surface area contributed by atoms with E-state index in [1.807, 2.05) is 26.8 Å². The summed E-state index contributed by atoms with van der Waals surface area (Å²) in [5.41, 5.74) is 0. The van der Waals surface area contributed by atoms with E-state index >= 15 is 0 Å². The maximum atomic E-state index is 14.5. The van der Waals surface area contributed by atoms with Crippen LogP contribution in [0, 0.1) is 11.8 Å². The first-order valence-corrected chi connectivity index (χ1v) is 15.7. The van der Waals surface area contributed by atoms with Gasteiger partial charge in [-0.15, -0.1) is 0 Å².